The molecule has 1 amide bonds. The zero-order valence-corrected chi connectivity index (χ0v) is 17.8. The van der Waals surface area contributed by atoms with Crippen LogP contribution in [0.3, 0.4) is 0 Å². The number of hydrogen-bond donors (Lipinski definition) is 2. The van der Waals surface area contributed by atoms with Crippen LogP contribution in [0, 0.1) is 0 Å². The summed E-state index contributed by atoms with van der Waals surface area (Å²) in [5, 5.41) is 11.4. The van der Waals surface area contributed by atoms with Crippen molar-refractivity contribution in [2.45, 2.75) is 13.0 Å². The minimum atomic E-state index is -0.576. The average Bonchev–Trinajstić information content (AvgIpc) is 3.23. The van der Waals surface area contributed by atoms with Gasteiger partial charge in [0.05, 0.1) is 28.2 Å². The zero-order valence-electron chi connectivity index (χ0n) is 17.0. The van der Waals surface area contributed by atoms with E-state index in [2.05, 4.69) is 25.6 Å². The minimum Gasteiger partial charge on any atom is -0.328 e. The van der Waals surface area contributed by atoms with E-state index in [1.54, 1.807) is 41.5 Å². The highest BCUT2D eigenvalue weighted by Gasteiger charge is 2.35. The topological polar surface area (TPSA) is 97.6 Å². The Morgan fingerprint density at radius 1 is 1.09 bits per heavy atom. The molecule has 3 aromatic heterocycles. The molecule has 158 valence electrons. The molecule has 0 fully saturated rings. The van der Waals surface area contributed by atoms with Gasteiger partial charge in [0.2, 0.25) is 5.95 Å². The highest BCUT2D eigenvalue weighted by Crippen LogP contribution is 2.36. The van der Waals surface area contributed by atoms with Crippen molar-refractivity contribution in [3.8, 4) is 11.4 Å². The third kappa shape index (κ3) is 3.61. The van der Waals surface area contributed by atoms with Gasteiger partial charge in [0.15, 0.2) is 5.82 Å². The number of carbonyl (C=O) groups excluding carboxylic acids is 1. The first kappa shape index (κ1) is 19.9. The Morgan fingerprint density at radius 3 is 2.69 bits per heavy atom. The number of aromatic nitrogens is 5. The molecule has 0 radical (unpaired) electrons. The van der Waals surface area contributed by atoms with Crippen LogP contribution in [0.2, 0.25) is 5.02 Å². The number of nitrogens with zero attached hydrogens (tertiary/aromatic N) is 5. The Balaban J connectivity index is 1.61. The maximum absolute atomic E-state index is 13.4. The minimum absolute atomic E-state index is 0.279. The Morgan fingerprint density at radius 2 is 1.94 bits per heavy atom. The summed E-state index contributed by atoms with van der Waals surface area (Å²) in [7, 11) is 0. The van der Waals surface area contributed by atoms with Crippen molar-refractivity contribution in [2.75, 3.05) is 10.6 Å². The van der Waals surface area contributed by atoms with Crippen LogP contribution in [0.5, 0.6) is 0 Å². The fraction of sp³-hybridized carbons (Fsp3) is 0.0870. The second-order valence-electron chi connectivity index (χ2n) is 7.20. The Hall–Kier alpha value is -4.04. The van der Waals surface area contributed by atoms with Gasteiger partial charge < -0.3 is 10.6 Å². The lowest BCUT2D eigenvalue weighted by atomic mass is 9.98. The summed E-state index contributed by atoms with van der Waals surface area (Å²) < 4.78 is 1.67. The number of nitrogens with one attached hydrogen (secondary N) is 2. The third-order valence-corrected chi connectivity index (χ3v) is 5.43. The van der Waals surface area contributed by atoms with Crippen molar-refractivity contribution in [2.24, 2.45) is 0 Å². The Bertz CT molecular complexity index is 1320. The van der Waals surface area contributed by atoms with Gasteiger partial charge in [-0.05, 0) is 43.3 Å². The first-order valence-electron chi connectivity index (χ1n) is 9.93. The first-order valence-corrected chi connectivity index (χ1v) is 10.3. The van der Waals surface area contributed by atoms with Gasteiger partial charge >= 0.3 is 0 Å². The van der Waals surface area contributed by atoms with Crippen molar-refractivity contribution in [1.82, 2.24) is 24.7 Å². The predicted molar refractivity (Wildman–Crippen MR) is 122 cm³/mol. The summed E-state index contributed by atoms with van der Waals surface area (Å²) in [6.07, 6.45) is 4.93. The molecule has 2 N–H and O–H groups in total. The zero-order chi connectivity index (χ0) is 22.1. The summed E-state index contributed by atoms with van der Waals surface area (Å²) in [5.41, 5.74) is 3.11. The van der Waals surface area contributed by atoms with Gasteiger partial charge in [-0.15, -0.1) is 5.10 Å². The molecule has 0 spiro atoms. The van der Waals surface area contributed by atoms with Gasteiger partial charge in [0.25, 0.3) is 5.91 Å². The molecular formula is C23H18ClN7O. The molecule has 32 heavy (non-hydrogen) atoms. The standard InChI is InChI=1S/C23H18ClN7O/c1-14-19(22(32)28-15-7-6-11-25-13-15)20(18-10-4-5-12-26-18)31-23(27-14)29-21(30-31)16-8-2-3-9-17(16)24/h2-13,20H,1H3,(H,28,32)(H,27,29,30). The molecule has 1 unspecified atom stereocenters. The quantitative estimate of drug-likeness (QED) is 0.487. The molecule has 8 nitrogen and oxygen atoms in total. The van der Waals surface area contributed by atoms with Gasteiger partial charge in [-0.2, -0.15) is 4.98 Å². The summed E-state index contributed by atoms with van der Waals surface area (Å²) in [5.74, 6) is 0.686. The molecule has 0 aliphatic carbocycles. The molecule has 1 aliphatic heterocycles. The van der Waals surface area contributed by atoms with Crippen LogP contribution in [-0.4, -0.2) is 30.6 Å². The molecule has 0 bridgehead atoms. The van der Waals surface area contributed by atoms with Crippen molar-refractivity contribution >= 4 is 29.1 Å². The van der Waals surface area contributed by atoms with Gasteiger partial charge in [0, 0.05) is 23.7 Å². The van der Waals surface area contributed by atoms with Gasteiger partial charge in [-0.3, -0.25) is 14.8 Å². The first-order chi connectivity index (χ1) is 15.6. The maximum Gasteiger partial charge on any atom is 0.255 e. The number of anilines is 2. The molecule has 1 atom stereocenters. The largest absolute Gasteiger partial charge is 0.328 e. The van der Waals surface area contributed by atoms with Crippen molar-refractivity contribution in [3.63, 3.8) is 0 Å². The number of halogens is 1. The van der Waals surface area contributed by atoms with Crippen LogP contribution < -0.4 is 10.6 Å². The van der Waals surface area contributed by atoms with Gasteiger partial charge in [-0.1, -0.05) is 29.8 Å². The molecule has 4 aromatic rings. The maximum atomic E-state index is 13.4. The highest BCUT2D eigenvalue weighted by atomic mass is 35.5. The predicted octanol–water partition coefficient (Wildman–Crippen LogP) is 4.32. The number of rotatable bonds is 4. The van der Waals surface area contributed by atoms with E-state index in [9.17, 15) is 4.79 Å². The lowest BCUT2D eigenvalue weighted by molar-refractivity contribution is -0.113. The smallest absolute Gasteiger partial charge is 0.255 e. The molecule has 0 saturated heterocycles. The van der Waals surface area contributed by atoms with E-state index in [4.69, 9.17) is 16.7 Å². The molecule has 4 heterocycles. The number of benzene rings is 1. The van der Waals surface area contributed by atoms with Crippen molar-refractivity contribution < 1.29 is 4.79 Å². The lowest BCUT2D eigenvalue weighted by Gasteiger charge is -2.27. The van der Waals surface area contributed by atoms with E-state index in [1.807, 2.05) is 43.3 Å². The van der Waals surface area contributed by atoms with E-state index in [-0.39, 0.29) is 5.91 Å². The van der Waals surface area contributed by atoms with Gasteiger partial charge in [-0.25, -0.2) is 4.68 Å². The molecular weight excluding hydrogens is 426 g/mol. The third-order valence-electron chi connectivity index (χ3n) is 5.10. The monoisotopic (exact) mass is 443 g/mol. The number of fused-ring (bicyclic) bond motifs is 1. The highest BCUT2D eigenvalue weighted by molar-refractivity contribution is 6.33. The summed E-state index contributed by atoms with van der Waals surface area (Å²) in [4.78, 5) is 26.6. The fourth-order valence-electron chi connectivity index (χ4n) is 3.65. The molecule has 1 aromatic carbocycles. The number of carbonyl (C=O) groups is 1. The lowest BCUT2D eigenvalue weighted by Crippen LogP contribution is -2.32. The molecule has 5 rings (SSSR count). The fourth-order valence-corrected chi connectivity index (χ4v) is 3.87. The molecule has 0 saturated carbocycles. The Labute approximate surface area is 189 Å². The average molecular weight is 444 g/mol. The van der Waals surface area contributed by atoms with Crippen LogP contribution in [0.25, 0.3) is 11.4 Å². The van der Waals surface area contributed by atoms with Gasteiger partial charge in [0.1, 0.15) is 6.04 Å². The number of allylic oxidation sites excluding steroid dienone is 1. The van der Waals surface area contributed by atoms with Crippen LogP contribution in [0.15, 0.2) is 84.5 Å². The van der Waals surface area contributed by atoms with Crippen LogP contribution in [0.4, 0.5) is 11.6 Å². The van der Waals surface area contributed by atoms with Crippen LogP contribution in [-0.2, 0) is 4.79 Å². The molecule has 9 heteroatoms. The second kappa shape index (κ2) is 8.24. The summed E-state index contributed by atoms with van der Waals surface area (Å²) >= 11 is 6.37. The number of amides is 1. The second-order valence-corrected chi connectivity index (χ2v) is 7.61. The molecule has 1 aliphatic rings. The summed E-state index contributed by atoms with van der Waals surface area (Å²) in [6.45, 7) is 1.83. The Kier molecular flexibility index (Phi) is 5.12. The number of pyridine rings is 2. The van der Waals surface area contributed by atoms with E-state index < -0.39 is 6.04 Å². The normalized spacial score (nSPS) is 15.1. The summed E-state index contributed by atoms with van der Waals surface area (Å²) in [6, 6.07) is 15.9. The van der Waals surface area contributed by atoms with Crippen molar-refractivity contribution in [3.05, 3.63) is 95.2 Å². The van der Waals surface area contributed by atoms with Crippen LogP contribution >= 0.6 is 11.6 Å². The van der Waals surface area contributed by atoms with E-state index in [0.29, 0.717) is 45.0 Å². The van der Waals surface area contributed by atoms with E-state index in [1.165, 1.54) is 0 Å². The van der Waals surface area contributed by atoms with Crippen LogP contribution in [0.1, 0.15) is 18.7 Å². The van der Waals surface area contributed by atoms with E-state index in [0.717, 1.165) is 0 Å². The van der Waals surface area contributed by atoms with Crippen molar-refractivity contribution in [1.29, 1.82) is 0 Å². The SMILES string of the molecule is CC1=C(C(=O)Nc2cccnc2)C(c2ccccn2)n2nc(-c3ccccc3Cl)nc2N1. The van der Waals surface area contributed by atoms with E-state index >= 15 is 0 Å². The number of hydrogen-bond acceptors (Lipinski definition) is 6.